The van der Waals surface area contributed by atoms with E-state index < -0.39 is 16.7 Å². The molecule has 0 aromatic carbocycles. The Morgan fingerprint density at radius 1 is 1.34 bits per heavy atom. The van der Waals surface area contributed by atoms with Gasteiger partial charge in [-0.15, -0.1) is 0 Å². The van der Waals surface area contributed by atoms with E-state index in [0.717, 1.165) is 13.0 Å². The SMILES string of the molecule is CC(C)(C)OC(=O)NC(=N[N+](=O)[O-])NCCC[C@H](N)CNCCc1ccncc1. The number of nitrogens with zero attached hydrogens (tertiary/aromatic N) is 3. The van der Waals surface area contributed by atoms with E-state index in [9.17, 15) is 14.9 Å². The zero-order valence-electron chi connectivity index (χ0n) is 17.2. The number of pyridine rings is 1. The quantitative estimate of drug-likeness (QED) is 0.146. The highest BCUT2D eigenvalue weighted by Crippen LogP contribution is 2.06. The first-order valence-corrected chi connectivity index (χ1v) is 9.48. The Hall–Kier alpha value is -2.79. The minimum Gasteiger partial charge on any atom is -0.444 e. The maximum absolute atomic E-state index is 11.7. The lowest BCUT2D eigenvalue weighted by atomic mass is 10.1. The van der Waals surface area contributed by atoms with Crippen LogP contribution in [0.3, 0.4) is 0 Å². The molecule has 0 saturated heterocycles. The molecule has 0 aliphatic rings. The van der Waals surface area contributed by atoms with E-state index in [0.29, 0.717) is 25.9 Å². The van der Waals surface area contributed by atoms with Crippen LogP contribution >= 0.6 is 0 Å². The molecule has 1 aromatic rings. The van der Waals surface area contributed by atoms with Crippen molar-refractivity contribution in [2.45, 2.75) is 51.7 Å². The highest BCUT2D eigenvalue weighted by Gasteiger charge is 2.18. The number of nitrogens with one attached hydrogen (secondary N) is 3. The molecule has 1 amide bonds. The summed E-state index contributed by atoms with van der Waals surface area (Å²) in [5, 5.41) is 21.1. The van der Waals surface area contributed by atoms with Gasteiger partial charge in [0.1, 0.15) is 10.7 Å². The van der Waals surface area contributed by atoms with E-state index in [1.54, 1.807) is 33.2 Å². The molecule has 0 bridgehead atoms. The maximum atomic E-state index is 11.7. The lowest BCUT2D eigenvalue weighted by Crippen LogP contribution is -2.44. The number of nitro groups is 1. The summed E-state index contributed by atoms with van der Waals surface area (Å²) in [4.78, 5) is 26.3. The number of rotatable bonds is 10. The van der Waals surface area contributed by atoms with Crippen LogP contribution in [0.2, 0.25) is 0 Å². The molecule has 0 unspecified atom stereocenters. The number of alkyl carbamates (subject to hydrolysis) is 1. The van der Waals surface area contributed by atoms with E-state index in [1.165, 1.54) is 5.56 Å². The van der Waals surface area contributed by atoms with Crippen molar-refractivity contribution in [3.05, 3.63) is 40.2 Å². The van der Waals surface area contributed by atoms with Crippen molar-refractivity contribution < 1.29 is 14.6 Å². The molecule has 0 saturated carbocycles. The molecule has 11 nitrogen and oxygen atoms in total. The zero-order chi connectivity index (χ0) is 21.7. The molecular weight excluding hydrogens is 378 g/mol. The Balaban J connectivity index is 2.24. The molecule has 1 atom stereocenters. The average Bonchev–Trinajstić information content (AvgIpc) is 2.61. The fraction of sp³-hybridized carbons (Fsp3) is 0.611. The standard InChI is InChI=1S/C18H31N7O4/c1-18(2,3)29-17(26)23-16(24-25(27)28)22-9-4-5-15(19)13-21-12-8-14-6-10-20-11-7-14/h6-7,10-11,15,21H,4-5,8-9,12-13,19H2,1-3H3,(H2,22,23,24,26)/t15-/m0/s1. The molecule has 29 heavy (non-hydrogen) atoms. The van der Waals surface area contributed by atoms with Crippen molar-refractivity contribution >= 4 is 12.1 Å². The number of hydrogen-bond acceptors (Lipinski definition) is 7. The Kier molecular flexibility index (Phi) is 10.6. The lowest BCUT2D eigenvalue weighted by molar-refractivity contribution is -0.485. The van der Waals surface area contributed by atoms with Crippen molar-refractivity contribution in [3.63, 3.8) is 0 Å². The molecule has 162 valence electrons. The van der Waals surface area contributed by atoms with Crippen LogP contribution in [0.15, 0.2) is 29.6 Å². The highest BCUT2D eigenvalue weighted by atomic mass is 16.7. The molecule has 1 heterocycles. The normalized spacial score (nSPS) is 12.9. The first kappa shape index (κ1) is 24.2. The maximum Gasteiger partial charge on any atom is 0.414 e. The second-order valence-electron chi connectivity index (χ2n) is 7.45. The number of amides is 1. The predicted octanol–water partition coefficient (Wildman–Crippen LogP) is 0.983. The largest absolute Gasteiger partial charge is 0.444 e. The van der Waals surface area contributed by atoms with Crippen LogP contribution in [0.4, 0.5) is 4.79 Å². The Labute approximate surface area is 170 Å². The molecule has 0 radical (unpaired) electrons. The smallest absolute Gasteiger partial charge is 0.414 e. The molecule has 1 aromatic heterocycles. The van der Waals surface area contributed by atoms with Crippen molar-refractivity contribution in [2.24, 2.45) is 10.8 Å². The fourth-order valence-electron chi connectivity index (χ4n) is 2.33. The van der Waals surface area contributed by atoms with E-state index in [2.05, 4.69) is 26.0 Å². The number of hydrogen-bond donors (Lipinski definition) is 4. The summed E-state index contributed by atoms with van der Waals surface area (Å²) in [6.07, 6.45) is 4.96. The molecule has 0 aliphatic heterocycles. The third-order valence-electron chi connectivity index (χ3n) is 3.59. The van der Waals surface area contributed by atoms with Gasteiger partial charge in [-0.05, 0) is 64.3 Å². The van der Waals surface area contributed by atoms with Crippen molar-refractivity contribution in [2.75, 3.05) is 19.6 Å². The van der Waals surface area contributed by atoms with Gasteiger partial charge in [-0.2, -0.15) is 0 Å². The third-order valence-corrected chi connectivity index (χ3v) is 3.59. The summed E-state index contributed by atoms with van der Waals surface area (Å²) >= 11 is 0. The molecule has 0 spiro atoms. The van der Waals surface area contributed by atoms with E-state index >= 15 is 0 Å². The van der Waals surface area contributed by atoms with Gasteiger partial charge in [0.05, 0.1) is 0 Å². The second-order valence-corrected chi connectivity index (χ2v) is 7.45. The van der Waals surface area contributed by atoms with Crippen LogP contribution in [-0.2, 0) is 11.2 Å². The first-order valence-electron chi connectivity index (χ1n) is 9.48. The summed E-state index contributed by atoms with van der Waals surface area (Å²) in [5.74, 6) is -0.270. The van der Waals surface area contributed by atoms with Crippen LogP contribution < -0.4 is 21.7 Å². The van der Waals surface area contributed by atoms with Crippen LogP contribution in [0.5, 0.6) is 0 Å². The number of guanidine groups is 1. The van der Waals surface area contributed by atoms with Gasteiger partial charge in [-0.1, -0.05) is 0 Å². The third kappa shape index (κ3) is 13.1. The minimum absolute atomic E-state index is 0.0519. The lowest BCUT2D eigenvalue weighted by Gasteiger charge is -2.19. The Bertz CT molecular complexity index is 662. The van der Waals surface area contributed by atoms with Gasteiger partial charge >= 0.3 is 6.09 Å². The number of carbonyl (C=O) groups is 1. The zero-order valence-corrected chi connectivity index (χ0v) is 17.2. The summed E-state index contributed by atoms with van der Waals surface area (Å²) in [7, 11) is 0. The topological polar surface area (TPSA) is 157 Å². The van der Waals surface area contributed by atoms with Crippen LogP contribution in [0.25, 0.3) is 0 Å². The van der Waals surface area contributed by atoms with Gasteiger partial charge in [0, 0.05) is 31.5 Å². The molecule has 0 aliphatic carbocycles. The van der Waals surface area contributed by atoms with Gasteiger partial charge in [-0.3, -0.25) is 10.3 Å². The number of hydrazone groups is 1. The van der Waals surface area contributed by atoms with Crippen LogP contribution in [-0.4, -0.2) is 53.3 Å². The average molecular weight is 409 g/mol. The summed E-state index contributed by atoms with van der Waals surface area (Å²) in [6.45, 7) is 6.92. The van der Waals surface area contributed by atoms with E-state index in [1.807, 2.05) is 12.1 Å². The summed E-state index contributed by atoms with van der Waals surface area (Å²) in [5.41, 5.74) is 6.56. The second kappa shape index (κ2) is 12.6. The van der Waals surface area contributed by atoms with Crippen LogP contribution in [0, 0.1) is 10.1 Å². The summed E-state index contributed by atoms with van der Waals surface area (Å²) < 4.78 is 5.06. The number of carbonyl (C=O) groups excluding carboxylic acids is 1. The first-order chi connectivity index (χ1) is 13.7. The van der Waals surface area contributed by atoms with E-state index in [-0.39, 0.29) is 12.0 Å². The van der Waals surface area contributed by atoms with Gasteiger partial charge in [0.2, 0.25) is 0 Å². The van der Waals surface area contributed by atoms with Gasteiger partial charge in [-0.25, -0.2) is 14.9 Å². The Morgan fingerprint density at radius 3 is 2.66 bits per heavy atom. The molecule has 11 heteroatoms. The predicted molar refractivity (Wildman–Crippen MR) is 110 cm³/mol. The number of nitrogens with two attached hydrogens (primary N) is 1. The fourth-order valence-corrected chi connectivity index (χ4v) is 2.33. The van der Waals surface area contributed by atoms with Gasteiger partial charge in [0.25, 0.3) is 5.96 Å². The van der Waals surface area contributed by atoms with Crippen LogP contribution in [0.1, 0.15) is 39.2 Å². The number of aromatic nitrogens is 1. The highest BCUT2D eigenvalue weighted by molar-refractivity contribution is 5.93. The van der Waals surface area contributed by atoms with Crippen molar-refractivity contribution in [1.82, 2.24) is 20.9 Å². The molecule has 0 fully saturated rings. The number of ether oxygens (including phenoxy) is 1. The van der Waals surface area contributed by atoms with Crippen molar-refractivity contribution in [3.8, 4) is 0 Å². The monoisotopic (exact) mass is 409 g/mol. The summed E-state index contributed by atoms with van der Waals surface area (Å²) in [6, 6.07) is 3.90. The molecule has 5 N–H and O–H groups in total. The minimum atomic E-state index is -0.891. The van der Waals surface area contributed by atoms with E-state index in [4.69, 9.17) is 10.5 Å². The molecular formula is C18H31N7O4. The Morgan fingerprint density at radius 2 is 2.03 bits per heavy atom. The van der Waals surface area contributed by atoms with Gasteiger partial charge in [0.15, 0.2) is 5.03 Å². The van der Waals surface area contributed by atoms with Gasteiger partial charge < -0.3 is 21.1 Å². The van der Waals surface area contributed by atoms with Crippen molar-refractivity contribution in [1.29, 1.82) is 0 Å². The molecule has 1 rings (SSSR count).